The quantitative estimate of drug-likeness (QED) is 0.852. The largest absolute Gasteiger partial charge is 0.496 e. The van der Waals surface area contributed by atoms with Crippen molar-refractivity contribution in [3.63, 3.8) is 0 Å². The Labute approximate surface area is 127 Å². The van der Waals surface area contributed by atoms with Crippen molar-refractivity contribution in [1.82, 2.24) is 14.9 Å². The molecular formula is C15H17N3O2S. The van der Waals surface area contributed by atoms with Crippen molar-refractivity contribution >= 4 is 12.2 Å². The third-order valence-electron chi connectivity index (χ3n) is 3.78. The van der Waals surface area contributed by atoms with Crippen LogP contribution in [-0.4, -0.2) is 28.5 Å². The van der Waals surface area contributed by atoms with Crippen LogP contribution in [0.25, 0.3) is 0 Å². The minimum absolute atomic E-state index is 0.0847. The first kappa shape index (κ1) is 14.0. The maximum atomic E-state index is 12.0. The standard InChI is InChI=1S/C15H17N3O2S/c1-20-13-5-3-2-4-10(13)8-18-7-6-12-11(9-18)14(19)17-15(21)16-12/h2-5H,6-9H2,1H3,(H2,16,17,19,21). The molecule has 2 aromatic rings. The predicted octanol–water partition coefficient (Wildman–Crippen LogP) is 2.00. The van der Waals surface area contributed by atoms with Crippen molar-refractivity contribution in [2.45, 2.75) is 19.5 Å². The Morgan fingerprint density at radius 1 is 1.33 bits per heavy atom. The van der Waals surface area contributed by atoms with Gasteiger partial charge in [0, 0.05) is 37.3 Å². The van der Waals surface area contributed by atoms with Gasteiger partial charge >= 0.3 is 0 Å². The van der Waals surface area contributed by atoms with E-state index in [1.807, 2.05) is 18.2 Å². The molecule has 2 N–H and O–H groups in total. The highest BCUT2D eigenvalue weighted by Gasteiger charge is 2.20. The van der Waals surface area contributed by atoms with Crippen molar-refractivity contribution in [3.8, 4) is 5.75 Å². The lowest BCUT2D eigenvalue weighted by atomic mass is 10.1. The van der Waals surface area contributed by atoms with E-state index in [-0.39, 0.29) is 5.56 Å². The minimum atomic E-state index is -0.0847. The van der Waals surface area contributed by atoms with Gasteiger partial charge in [0.2, 0.25) is 0 Å². The first-order valence-electron chi connectivity index (χ1n) is 6.86. The smallest absolute Gasteiger partial charge is 0.256 e. The Bertz CT molecular complexity index is 766. The fraction of sp³-hybridized carbons (Fsp3) is 0.333. The Kier molecular flexibility index (Phi) is 3.90. The van der Waals surface area contributed by atoms with Crippen LogP contribution in [0.3, 0.4) is 0 Å². The van der Waals surface area contributed by atoms with Gasteiger partial charge in [0.1, 0.15) is 5.75 Å². The average molecular weight is 303 g/mol. The Hall–Kier alpha value is -1.92. The number of aromatic amines is 2. The topological polar surface area (TPSA) is 61.1 Å². The SMILES string of the molecule is COc1ccccc1CN1CCc2[nH]c(=S)[nH]c(=O)c2C1. The van der Waals surface area contributed by atoms with Crippen LogP contribution >= 0.6 is 12.2 Å². The Morgan fingerprint density at radius 2 is 2.14 bits per heavy atom. The van der Waals surface area contributed by atoms with E-state index in [0.717, 1.165) is 42.1 Å². The van der Waals surface area contributed by atoms with Crippen LogP contribution in [0.2, 0.25) is 0 Å². The number of hydrogen-bond acceptors (Lipinski definition) is 4. The molecule has 21 heavy (non-hydrogen) atoms. The monoisotopic (exact) mass is 303 g/mol. The molecule has 0 amide bonds. The van der Waals surface area contributed by atoms with Gasteiger partial charge in [-0.15, -0.1) is 0 Å². The Balaban J connectivity index is 1.84. The molecule has 1 aliphatic heterocycles. The number of benzene rings is 1. The van der Waals surface area contributed by atoms with Crippen molar-refractivity contribution in [3.05, 3.63) is 56.2 Å². The fourth-order valence-electron chi connectivity index (χ4n) is 2.72. The maximum Gasteiger partial charge on any atom is 0.256 e. The predicted molar refractivity (Wildman–Crippen MR) is 83.1 cm³/mol. The summed E-state index contributed by atoms with van der Waals surface area (Å²) < 4.78 is 5.78. The summed E-state index contributed by atoms with van der Waals surface area (Å²) in [6.45, 7) is 2.27. The summed E-state index contributed by atoms with van der Waals surface area (Å²) in [7, 11) is 1.68. The van der Waals surface area contributed by atoms with Crippen molar-refractivity contribution < 1.29 is 4.74 Å². The molecule has 5 nitrogen and oxygen atoms in total. The van der Waals surface area contributed by atoms with Crippen LogP contribution in [0.4, 0.5) is 0 Å². The molecule has 0 radical (unpaired) electrons. The number of methoxy groups -OCH3 is 1. The van der Waals surface area contributed by atoms with Crippen LogP contribution in [0.15, 0.2) is 29.1 Å². The van der Waals surface area contributed by atoms with E-state index >= 15 is 0 Å². The highest BCUT2D eigenvalue weighted by Crippen LogP contribution is 2.22. The summed E-state index contributed by atoms with van der Waals surface area (Å²) in [4.78, 5) is 20.0. The summed E-state index contributed by atoms with van der Waals surface area (Å²) in [5, 5.41) is 0. The minimum Gasteiger partial charge on any atom is -0.496 e. The van der Waals surface area contributed by atoms with Gasteiger partial charge in [-0.1, -0.05) is 18.2 Å². The number of rotatable bonds is 3. The summed E-state index contributed by atoms with van der Waals surface area (Å²) in [5.74, 6) is 0.879. The molecular weight excluding hydrogens is 286 g/mol. The van der Waals surface area contributed by atoms with Gasteiger partial charge in [0.25, 0.3) is 5.56 Å². The molecule has 6 heteroatoms. The van der Waals surface area contributed by atoms with Crippen molar-refractivity contribution in [2.24, 2.45) is 0 Å². The van der Waals surface area contributed by atoms with E-state index in [1.165, 1.54) is 0 Å². The zero-order valence-corrected chi connectivity index (χ0v) is 12.6. The van der Waals surface area contributed by atoms with Gasteiger partial charge in [-0.25, -0.2) is 0 Å². The molecule has 1 aromatic carbocycles. The van der Waals surface area contributed by atoms with Crippen LogP contribution in [0.1, 0.15) is 16.8 Å². The number of ether oxygens (including phenoxy) is 1. The van der Waals surface area contributed by atoms with Crippen LogP contribution < -0.4 is 10.3 Å². The summed E-state index contributed by atoms with van der Waals surface area (Å²) >= 11 is 5.01. The lowest BCUT2D eigenvalue weighted by Crippen LogP contribution is -2.35. The number of H-pyrrole nitrogens is 2. The lowest BCUT2D eigenvalue weighted by Gasteiger charge is -2.28. The molecule has 110 valence electrons. The number of hydrogen-bond donors (Lipinski definition) is 2. The normalized spacial score (nSPS) is 14.7. The second kappa shape index (κ2) is 5.83. The van der Waals surface area contributed by atoms with Crippen LogP contribution in [0.5, 0.6) is 5.75 Å². The highest BCUT2D eigenvalue weighted by molar-refractivity contribution is 7.71. The molecule has 0 saturated carbocycles. The highest BCUT2D eigenvalue weighted by atomic mass is 32.1. The van der Waals surface area contributed by atoms with Gasteiger partial charge in [-0.2, -0.15) is 0 Å². The van der Waals surface area contributed by atoms with E-state index in [2.05, 4.69) is 20.9 Å². The number of nitrogens with zero attached hydrogens (tertiary/aromatic N) is 1. The molecule has 0 aliphatic carbocycles. The molecule has 1 aromatic heterocycles. The number of aromatic nitrogens is 2. The number of fused-ring (bicyclic) bond motifs is 1. The molecule has 2 heterocycles. The zero-order valence-electron chi connectivity index (χ0n) is 11.8. The van der Waals surface area contributed by atoms with Gasteiger partial charge in [0.15, 0.2) is 4.77 Å². The molecule has 0 bridgehead atoms. The summed E-state index contributed by atoms with van der Waals surface area (Å²) in [6.07, 6.45) is 0.804. The second-order valence-corrected chi connectivity index (χ2v) is 5.55. The second-order valence-electron chi connectivity index (χ2n) is 5.14. The molecule has 0 spiro atoms. The zero-order chi connectivity index (χ0) is 14.8. The third kappa shape index (κ3) is 2.91. The summed E-state index contributed by atoms with van der Waals surface area (Å²) in [6, 6.07) is 7.97. The van der Waals surface area contributed by atoms with E-state index in [9.17, 15) is 4.79 Å². The first-order chi connectivity index (χ1) is 10.2. The van der Waals surface area contributed by atoms with Gasteiger partial charge in [0.05, 0.1) is 12.7 Å². The third-order valence-corrected chi connectivity index (χ3v) is 3.98. The molecule has 0 fully saturated rings. The number of nitrogens with one attached hydrogen (secondary N) is 2. The summed E-state index contributed by atoms with van der Waals surface area (Å²) in [5.41, 5.74) is 2.78. The molecule has 1 aliphatic rings. The average Bonchev–Trinajstić information content (AvgIpc) is 2.48. The van der Waals surface area contributed by atoms with Gasteiger partial charge in [-0.3, -0.25) is 14.7 Å². The fourth-order valence-corrected chi connectivity index (χ4v) is 2.94. The first-order valence-corrected chi connectivity index (χ1v) is 7.27. The van der Waals surface area contributed by atoms with E-state index < -0.39 is 0 Å². The van der Waals surface area contributed by atoms with Crippen molar-refractivity contribution in [1.29, 1.82) is 0 Å². The molecule has 0 unspecified atom stereocenters. The number of para-hydroxylation sites is 1. The van der Waals surface area contributed by atoms with E-state index in [0.29, 0.717) is 11.3 Å². The molecule has 0 atom stereocenters. The lowest BCUT2D eigenvalue weighted by molar-refractivity contribution is 0.238. The van der Waals surface area contributed by atoms with Crippen molar-refractivity contribution in [2.75, 3.05) is 13.7 Å². The molecule has 3 rings (SSSR count). The van der Waals surface area contributed by atoms with E-state index in [1.54, 1.807) is 7.11 Å². The maximum absolute atomic E-state index is 12.0. The van der Waals surface area contributed by atoms with Crippen LogP contribution in [-0.2, 0) is 19.5 Å². The Morgan fingerprint density at radius 3 is 2.95 bits per heavy atom. The molecule has 0 saturated heterocycles. The van der Waals surface area contributed by atoms with Gasteiger partial charge < -0.3 is 9.72 Å². The van der Waals surface area contributed by atoms with E-state index in [4.69, 9.17) is 17.0 Å². The van der Waals surface area contributed by atoms with Crippen LogP contribution in [0, 0.1) is 4.77 Å². The van der Waals surface area contributed by atoms with Gasteiger partial charge in [-0.05, 0) is 18.3 Å².